The van der Waals surface area contributed by atoms with Gasteiger partial charge in [0.15, 0.2) is 0 Å². The number of rotatable bonds is 5. The van der Waals surface area contributed by atoms with E-state index in [4.69, 9.17) is 0 Å². The number of anilines is 1. The summed E-state index contributed by atoms with van der Waals surface area (Å²) in [6, 6.07) is 0. The Hall–Kier alpha value is -1.16. The van der Waals surface area contributed by atoms with Crippen LogP contribution in [-0.4, -0.2) is 41.0 Å². The molecule has 100 valence electrons. The van der Waals surface area contributed by atoms with Crippen molar-refractivity contribution in [2.24, 2.45) is 5.92 Å². The van der Waals surface area contributed by atoms with Crippen LogP contribution < -0.4 is 5.32 Å². The minimum atomic E-state index is 0.747. The van der Waals surface area contributed by atoms with Crippen molar-refractivity contribution < 1.29 is 0 Å². The lowest BCUT2D eigenvalue weighted by Crippen LogP contribution is -2.37. The number of nitrogens with zero attached hydrogens (tertiary/aromatic N) is 3. The van der Waals surface area contributed by atoms with E-state index < -0.39 is 0 Å². The Morgan fingerprint density at radius 1 is 1.39 bits per heavy atom. The Morgan fingerprint density at radius 2 is 2.17 bits per heavy atom. The van der Waals surface area contributed by atoms with Gasteiger partial charge < -0.3 is 10.2 Å². The van der Waals surface area contributed by atoms with E-state index in [1.54, 1.807) is 0 Å². The molecule has 2 heterocycles. The first-order chi connectivity index (χ1) is 8.78. The van der Waals surface area contributed by atoms with E-state index in [2.05, 4.69) is 34.0 Å². The molecule has 0 bridgehead atoms. The zero-order chi connectivity index (χ0) is 12.8. The van der Waals surface area contributed by atoms with Crippen LogP contribution in [0.1, 0.15) is 32.3 Å². The van der Waals surface area contributed by atoms with Crippen LogP contribution in [0, 0.1) is 5.92 Å². The highest BCUT2D eigenvalue weighted by atomic mass is 15.2. The number of aromatic nitrogens is 2. The normalized spacial score (nSPS) is 20.9. The van der Waals surface area contributed by atoms with Crippen molar-refractivity contribution in [3.63, 3.8) is 0 Å². The lowest BCUT2D eigenvalue weighted by Gasteiger charge is -2.30. The van der Waals surface area contributed by atoms with Crippen molar-refractivity contribution in [1.29, 1.82) is 0 Å². The van der Waals surface area contributed by atoms with E-state index in [-0.39, 0.29) is 0 Å². The van der Waals surface area contributed by atoms with E-state index in [0.717, 1.165) is 31.4 Å². The van der Waals surface area contributed by atoms with Crippen molar-refractivity contribution in [2.75, 3.05) is 31.5 Å². The summed E-state index contributed by atoms with van der Waals surface area (Å²) >= 11 is 0. The van der Waals surface area contributed by atoms with Gasteiger partial charge in [-0.3, -0.25) is 0 Å². The van der Waals surface area contributed by atoms with E-state index in [9.17, 15) is 0 Å². The standard InChI is InChI=1S/C14H24N4/c1-3-13-9-16-14(17-10-13)15-6-8-18-7-4-5-12(2)11-18/h9-10,12H,3-8,11H2,1-2H3,(H,15,16,17)/t12-/m1/s1. The molecule has 0 saturated carbocycles. The first-order valence-electron chi connectivity index (χ1n) is 7.05. The van der Waals surface area contributed by atoms with Crippen LogP contribution in [0.25, 0.3) is 0 Å². The van der Waals surface area contributed by atoms with Crippen molar-refractivity contribution in [3.05, 3.63) is 18.0 Å². The summed E-state index contributed by atoms with van der Waals surface area (Å²) in [6.07, 6.45) is 7.51. The van der Waals surface area contributed by atoms with E-state index >= 15 is 0 Å². The van der Waals surface area contributed by atoms with Crippen molar-refractivity contribution in [2.45, 2.75) is 33.1 Å². The van der Waals surface area contributed by atoms with Gasteiger partial charge in [-0.2, -0.15) is 0 Å². The molecule has 0 amide bonds. The minimum absolute atomic E-state index is 0.747. The first kappa shape index (κ1) is 13.3. The summed E-state index contributed by atoms with van der Waals surface area (Å²) in [5.41, 5.74) is 1.19. The van der Waals surface area contributed by atoms with Gasteiger partial charge >= 0.3 is 0 Å². The fourth-order valence-electron chi connectivity index (χ4n) is 2.44. The molecule has 1 aromatic heterocycles. The van der Waals surface area contributed by atoms with Crippen molar-refractivity contribution in [3.8, 4) is 0 Å². The second kappa shape index (κ2) is 6.69. The Balaban J connectivity index is 1.70. The molecule has 0 radical (unpaired) electrons. The lowest BCUT2D eigenvalue weighted by molar-refractivity contribution is 0.190. The molecule has 0 aromatic carbocycles. The third-order valence-corrected chi connectivity index (χ3v) is 3.57. The number of aryl methyl sites for hydroxylation is 1. The Bertz CT molecular complexity index is 349. The van der Waals surface area contributed by atoms with Gasteiger partial charge in [0.1, 0.15) is 0 Å². The maximum Gasteiger partial charge on any atom is 0.222 e. The van der Waals surface area contributed by atoms with E-state index in [0.29, 0.717) is 0 Å². The van der Waals surface area contributed by atoms with Gasteiger partial charge in [-0.15, -0.1) is 0 Å². The second-order valence-electron chi connectivity index (χ2n) is 5.24. The van der Waals surface area contributed by atoms with E-state index in [1.807, 2.05) is 12.4 Å². The minimum Gasteiger partial charge on any atom is -0.353 e. The van der Waals surface area contributed by atoms with Gasteiger partial charge in [0, 0.05) is 32.0 Å². The molecule has 0 spiro atoms. The molecule has 1 saturated heterocycles. The number of hydrogen-bond acceptors (Lipinski definition) is 4. The highest BCUT2D eigenvalue weighted by Gasteiger charge is 2.15. The number of nitrogens with one attached hydrogen (secondary N) is 1. The quantitative estimate of drug-likeness (QED) is 0.867. The predicted molar refractivity (Wildman–Crippen MR) is 74.7 cm³/mol. The largest absolute Gasteiger partial charge is 0.353 e. The number of likely N-dealkylation sites (tertiary alicyclic amines) is 1. The van der Waals surface area contributed by atoms with Gasteiger partial charge in [0.2, 0.25) is 5.95 Å². The number of hydrogen-bond donors (Lipinski definition) is 1. The Kier molecular flexibility index (Phi) is 4.93. The molecule has 1 N–H and O–H groups in total. The average Bonchev–Trinajstić information content (AvgIpc) is 2.40. The van der Waals surface area contributed by atoms with Crippen LogP contribution >= 0.6 is 0 Å². The molecule has 1 fully saturated rings. The highest BCUT2D eigenvalue weighted by molar-refractivity contribution is 5.24. The monoisotopic (exact) mass is 248 g/mol. The van der Waals surface area contributed by atoms with Gasteiger partial charge in [0.05, 0.1) is 0 Å². The fraction of sp³-hybridized carbons (Fsp3) is 0.714. The van der Waals surface area contributed by atoms with Gasteiger partial charge in [-0.1, -0.05) is 13.8 Å². The number of piperidine rings is 1. The van der Waals surface area contributed by atoms with Crippen LogP contribution in [0.3, 0.4) is 0 Å². The summed E-state index contributed by atoms with van der Waals surface area (Å²) in [5, 5.41) is 3.29. The molecule has 4 heteroatoms. The molecule has 1 atom stereocenters. The smallest absolute Gasteiger partial charge is 0.222 e. The zero-order valence-corrected chi connectivity index (χ0v) is 11.5. The lowest BCUT2D eigenvalue weighted by atomic mass is 10.0. The molecular weight excluding hydrogens is 224 g/mol. The molecular formula is C14H24N4. The molecule has 2 rings (SSSR count). The van der Waals surface area contributed by atoms with Gasteiger partial charge in [-0.05, 0) is 37.3 Å². The maximum absolute atomic E-state index is 4.31. The zero-order valence-electron chi connectivity index (χ0n) is 11.5. The van der Waals surface area contributed by atoms with Crippen molar-refractivity contribution in [1.82, 2.24) is 14.9 Å². The molecule has 0 aliphatic carbocycles. The summed E-state index contributed by atoms with van der Waals surface area (Å²) in [6.45, 7) is 8.94. The van der Waals surface area contributed by atoms with E-state index in [1.165, 1.54) is 31.5 Å². The molecule has 4 nitrogen and oxygen atoms in total. The van der Waals surface area contributed by atoms with Crippen LogP contribution in [0.5, 0.6) is 0 Å². The summed E-state index contributed by atoms with van der Waals surface area (Å²) in [4.78, 5) is 11.1. The summed E-state index contributed by atoms with van der Waals surface area (Å²) in [5.74, 6) is 1.59. The van der Waals surface area contributed by atoms with Gasteiger partial charge in [-0.25, -0.2) is 9.97 Å². The topological polar surface area (TPSA) is 41.1 Å². The third-order valence-electron chi connectivity index (χ3n) is 3.57. The summed E-state index contributed by atoms with van der Waals surface area (Å²) in [7, 11) is 0. The average molecular weight is 248 g/mol. The summed E-state index contributed by atoms with van der Waals surface area (Å²) < 4.78 is 0. The highest BCUT2D eigenvalue weighted by Crippen LogP contribution is 2.14. The van der Waals surface area contributed by atoms with Crippen LogP contribution in [0.15, 0.2) is 12.4 Å². The van der Waals surface area contributed by atoms with Crippen LogP contribution in [0.2, 0.25) is 0 Å². The molecule has 1 aliphatic heterocycles. The Labute approximate surface area is 110 Å². The molecule has 1 aliphatic rings. The van der Waals surface area contributed by atoms with Crippen LogP contribution in [-0.2, 0) is 6.42 Å². The first-order valence-corrected chi connectivity index (χ1v) is 7.05. The molecule has 1 aromatic rings. The molecule has 0 unspecified atom stereocenters. The van der Waals surface area contributed by atoms with Crippen molar-refractivity contribution >= 4 is 5.95 Å². The maximum atomic E-state index is 4.31. The third kappa shape index (κ3) is 3.95. The second-order valence-corrected chi connectivity index (χ2v) is 5.24. The Morgan fingerprint density at radius 3 is 2.83 bits per heavy atom. The predicted octanol–water partition coefficient (Wildman–Crippen LogP) is 2.18. The molecule has 18 heavy (non-hydrogen) atoms. The van der Waals surface area contributed by atoms with Crippen LogP contribution in [0.4, 0.5) is 5.95 Å². The SMILES string of the molecule is CCc1cnc(NCCN2CCC[C@@H](C)C2)nc1. The fourth-order valence-corrected chi connectivity index (χ4v) is 2.44. The van der Waals surface area contributed by atoms with Gasteiger partial charge in [0.25, 0.3) is 0 Å².